The number of amides is 2. The van der Waals surface area contributed by atoms with Gasteiger partial charge in [-0.2, -0.15) is 4.98 Å². The summed E-state index contributed by atoms with van der Waals surface area (Å²) < 4.78 is 5.20. The number of carbonyl (C=O) groups is 1. The van der Waals surface area contributed by atoms with Crippen molar-refractivity contribution in [1.82, 2.24) is 15.0 Å². The fraction of sp³-hybridized carbons (Fsp3) is 0.400. The van der Waals surface area contributed by atoms with E-state index in [4.69, 9.17) is 4.52 Å². The Morgan fingerprint density at radius 3 is 2.79 bits per heavy atom. The molecule has 0 bridgehead atoms. The number of hydrogen-bond donors (Lipinski definition) is 1. The van der Waals surface area contributed by atoms with Crippen molar-refractivity contribution < 1.29 is 14.2 Å². The highest BCUT2D eigenvalue weighted by molar-refractivity contribution is 5.89. The van der Waals surface area contributed by atoms with Crippen molar-refractivity contribution >= 4 is 17.4 Å². The minimum atomic E-state index is -0.479. The molecule has 1 N–H and O–H groups in total. The Balaban J connectivity index is 1.63. The van der Waals surface area contributed by atoms with Gasteiger partial charge in [0.25, 0.3) is 5.69 Å². The zero-order valence-corrected chi connectivity index (χ0v) is 13.1. The Kier molecular flexibility index (Phi) is 4.41. The zero-order valence-electron chi connectivity index (χ0n) is 13.1. The molecule has 1 aliphatic rings. The minimum absolute atomic E-state index is 0.0159. The molecular formula is C15H17N5O4. The number of rotatable bonds is 3. The minimum Gasteiger partial charge on any atom is -0.339 e. The number of nitrogens with one attached hydrogen (secondary N) is 1. The molecule has 0 unspecified atom stereocenters. The third-order valence-electron chi connectivity index (χ3n) is 3.93. The van der Waals surface area contributed by atoms with E-state index in [1.807, 2.05) is 0 Å². The molecule has 3 rings (SSSR count). The summed E-state index contributed by atoms with van der Waals surface area (Å²) >= 11 is 0. The van der Waals surface area contributed by atoms with Crippen LogP contribution < -0.4 is 5.32 Å². The highest BCUT2D eigenvalue weighted by Gasteiger charge is 2.28. The predicted octanol–water partition coefficient (Wildman–Crippen LogP) is 2.70. The van der Waals surface area contributed by atoms with E-state index >= 15 is 0 Å². The molecule has 1 aromatic carbocycles. The molecule has 2 heterocycles. The maximum Gasteiger partial charge on any atom is 0.321 e. The number of aromatic nitrogens is 2. The Morgan fingerprint density at radius 1 is 1.42 bits per heavy atom. The molecule has 126 valence electrons. The zero-order chi connectivity index (χ0) is 17.1. The van der Waals surface area contributed by atoms with E-state index in [0.29, 0.717) is 30.5 Å². The molecule has 24 heavy (non-hydrogen) atoms. The molecule has 0 saturated carbocycles. The van der Waals surface area contributed by atoms with Crippen LogP contribution in [0, 0.1) is 17.0 Å². The van der Waals surface area contributed by atoms with E-state index in [-0.39, 0.29) is 17.6 Å². The monoisotopic (exact) mass is 331 g/mol. The number of likely N-dealkylation sites (tertiary alicyclic amines) is 1. The summed E-state index contributed by atoms with van der Waals surface area (Å²) in [6.45, 7) is 2.90. The standard InChI is InChI=1S/C15H17N5O4/c1-10-16-14(24-18-10)11-3-2-8-19(9-11)15(21)17-12-4-6-13(7-5-12)20(22)23/h4-7,11H,2-3,8-9H2,1H3,(H,17,21)/t11-/m1/s1. The predicted molar refractivity (Wildman–Crippen MR) is 84.7 cm³/mol. The summed E-state index contributed by atoms with van der Waals surface area (Å²) in [6, 6.07) is 5.49. The molecule has 1 aromatic heterocycles. The van der Waals surface area contributed by atoms with E-state index in [9.17, 15) is 14.9 Å². The Morgan fingerprint density at radius 2 is 2.17 bits per heavy atom. The van der Waals surface area contributed by atoms with Crippen molar-refractivity contribution in [2.45, 2.75) is 25.7 Å². The molecule has 1 fully saturated rings. The number of anilines is 1. The molecule has 9 heteroatoms. The molecule has 1 atom stereocenters. The number of nitro groups is 1. The first-order valence-electron chi connectivity index (χ1n) is 7.63. The molecule has 9 nitrogen and oxygen atoms in total. The Bertz CT molecular complexity index is 743. The lowest BCUT2D eigenvalue weighted by atomic mass is 9.98. The van der Waals surface area contributed by atoms with Crippen LogP contribution in [0.2, 0.25) is 0 Å². The van der Waals surface area contributed by atoms with Gasteiger partial charge in [0, 0.05) is 30.9 Å². The van der Waals surface area contributed by atoms with Gasteiger partial charge in [-0.3, -0.25) is 10.1 Å². The molecule has 1 aliphatic heterocycles. The molecule has 0 spiro atoms. The smallest absolute Gasteiger partial charge is 0.321 e. The number of aryl methyl sites for hydroxylation is 1. The summed E-state index contributed by atoms with van der Waals surface area (Å²) in [4.78, 5) is 28.5. The number of hydrogen-bond acceptors (Lipinski definition) is 6. The van der Waals surface area contributed by atoms with Crippen LogP contribution in [0.4, 0.5) is 16.2 Å². The maximum absolute atomic E-state index is 12.4. The lowest BCUT2D eigenvalue weighted by Crippen LogP contribution is -2.41. The first-order valence-corrected chi connectivity index (χ1v) is 7.63. The second kappa shape index (κ2) is 6.65. The van der Waals surface area contributed by atoms with Crippen molar-refractivity contribution in [2.75, 3.05) is 18.4 Å². The third kappa shape index (κ3) is 3.50. The average molecular weight is 331 g/mol. The van der Waals surface area contributed by atoms with Crippen molar-refractivity contribution in [3.63, 3.8) is 0 Å². The molecular weight excluding hydrogens is 314 g/mol. The second-order valence-electron chi connectivity index (χ2n) is 5.70. The molecule has 2 aromatic rings. The van der Waals surface area contributed by atoms with Gasteiger partial charge < -0.3 is 14.7 Å². The van der Waals surface area contributed by atoms with Crippen molar-refractivity contribution in [3.8, 4) is 0 Å². The largest absolute Gasteiger partial charge is 0.339 e. The van der Waals surface area contributed by atoms with Gasteiger partial charge in [-0.15, -0.1) is 0 Å². The van der Waals surface area contributed by atoms with E-state index in [1.54, 1.807) is 11.8 Å². The topological polar surface area (TPSA) is 114 Å². The lowest BCUT2D eigenvalue weighted by molar-refractivity contribution is -0.384. The van der Waals surface area contributed by atoms with Crippen LogP contribution in [-0.2, 0) is 0 Å². The van der Waals surface area contributed by atoms with Gasteiger partial charge in [0.1, 0.15) is 0 Å². The van der Waals surface area contributed by atoms with Crippen LogP contribution in [-0.4, -0.2) is 39.1 Å². The van der Waals surface area contributed by atoms with Gasteiger partial charge in [0.15, 0.2) is 5.82 Å². The van der Waals surface area contributed by atoms with Crippen LogP contribution in [0.15, 0.2) is 28.8 Å². The normalized spacial score (nSPS) is 17.5. The number of piperidine rings is 1. The van der Waals surface area contributed by atoms with Gasteiger partial charge in [0.2, 0.25) is 5.89 Å². The average Bonchev–Trinajstić information content (AvgIpc) is 3.02. The molecule has 0 aliphatic carbocycles. The van der Waals surface area contributed by atoms with Gasteiger partial charge in [-0.25, -0.2) is 4.79 Å². The first-order chi connectivity index (χ1) is 11.5. The highest BCUT2D eigenvalue weighted by Crippen LogP contribution is 2.26. The van der Waals surface area contributed by atoms with Crippen molar-refractivity contribution in [2.24, 2.45) is 0 Å². The van der Waals surface area contributed by atoms with Gasteiger partial charge in [-0.05, 0) is 31.9 Å². The number of non-ortho nitro benzene ring substituents is 1. The van der Waals surface area contributed by atoms with Crippen LogP contribution in [0.1, 0.15) is 30.5 Å². The molecule has 0 radical (unpaired) electrons. The van der Waals surface area contributed by atoms with E-state index in [2.05, 4.69) is 15.5 Å². The van der Waals surface area contributed by atoms with Crippen LogP contribution in [0.25, 0.3) is 0 Å². The molecule has 2 amide bonds. The SMILES string of the molecule is Cc1noc([C@@H]2CCCN(C(=O)Nc3ccc([N+](=O)[O-])cc3)C2)n1. The van der Waals surface area contributed by atoms with Crippen LogP contribution >= 0.6 is 0 Å². The summed E-state index contributed by atoms with van der Waals surface area (Å²) in [7, 11) is 0. The summed E-state index contributed by atoms with van der Waals surface area (Å²) in [6.07, 6.45) is 1.74. The van der Waals surface area contributed by atoms with Crippen molar-refractivity contribution in [1.29, 1.82) is 0 Å². The first kappa shape index (κ1) is 15.9. The Labute approximate surface area is 137 Å². The number of carbonyl (C=O) groups excluding carboxylic acids is 1. The fourth-order valence-corrected chi connectivity index (χ4v) is 2.71. The summed E-state index contributed by atoms with van der Waals surface area (Å²) in [5, 5.41) is 17.2. The van der Waals surface area contributed by atoms with Gasteiger partial charge in [0.05, 0.1) is 10.8 Å². The highest BCUT2D eigenvalue weighted by atomic mass is 16.6. The van der Waals surface area contributed by atoms with Crippen LogP contribution in [0.3, 0.4) is 0 Å². The number of benzene rings is 1. The van der Waals surface area contributed by atoms with E-state index in [0.717, 1.165) is 12.8 Å². The second-order valence-corrected chi connectivity index (χ2v) is 5.70. The van der Waals surface area contributed by atoms with E-state index in [1.165, 1.54) is 24.3 Å². The number of nitrogens with zero attached hydrogens (tertiary/aromatic N) is 4. The fourth-order valence-electron chi connectivity index (χ4n) is 2.71. The third-order valence-corrected chi connectivity index (χ3v) is 3.93. The maximum atomic E-state index is 12.4. The number of nitro benzene ring substituents is 1. The van der Waals surface area contributed by atoms with E-state index < -0.39 is 4.92 Å². The quantitative estimate of drug-likeness (QED) is 0.683. The summed E-state index contributed by atoms with van der Waals surface area (Å²) in [5.74, 6) is 1.17. The van der Waals surface area contributed by atoms with Gasteiger partial charge >= 0.3 is 6.03 Å². The summed E-state index contributed by atoms with van der Waals surface area (Å²) in [5.41, 5.74) is 0.499. The van der Waals surface area contributed by atoms with Crippen molar-refractivity contribution in [3.05, 3.63) is 46.1 Å². The van der Waals surface area contributed by atoms with Gasteiger partial charge in [-0.1, -0.05) is 5.16 Å². The Hall–Kier alpha value is -2.97. The lowest BCUT2D eigenvalue weighted by Gasteiger charge is -2.31. The number of urea groups is 1. The van der Waals surface area contributed by atoms with Crippen LogP contribution in [0.5, 0.6) is 0 Å². The molecule has 1 saturated heterocycles.